The molecule has 1 aliphatic carbocycles. The summed E-state index contributed by atoms with van der Waals surface area (Å²) in [7, 11) is 0. The number of anilines is 1. The molecule has 4 heteroatoms. The number of hydrogen-bond acceptors (Lipinski definition) is 3. The van der Waals surface area contributed by atoms with Gasteiger partial charge in [0.1, 0.15) is 11.5 Å². The quantitative estimate of drug-likeness (QED) is 0.602. The van der Waals surface area contributed by atoms with E-state index in [0.29, 0.717) is 5.69 Å². The third kappa shape index (κ3) is 2.57. The number of nitrogens with two attached hydrogens (primary N) is 1. The minimum Gasteiger partial charge on any atom is -0.382 e. The van der Waals surface area contributed by atoms with Crippen molar-refractivity contribution < 1.29 is 0 Å². The largest absolute Gasteiger partial charge is 0.382 e. The summed E-state index contributed by atoms with van der Waals surface area (Å²) >= 11 is 0. The molecule has 0 radical (unpaired) electrons. The van der Waals surface area contributed by atoms with Crippen LogP contribution >= 0.6 is 0 Å². The van der Waals surface area contributed by atoms with Crippen LogP contribution in [-0.4, -0.2) is 23.9 Å². The summed E-state index contributed by atoms with van der Waals surface area (Å²) in [5.74, 6) is 0.850. The highest BCUT2D eigenvalue weighted by molar-refractivity contribution is 5.98. The average Bonchev–Trinajstić information content (AvgIpc) is 2.28. The maximum atomic E-state index is 7.57. The second-order valence-electron chi connectivity index (χ2n) is 4.62. The lowest BCUT2D eigenvalue weighted by atomic mass is 9.85. The summed E-state index contributed by atoms with van der Waals surface area (Å²) in [5, 5.41) is 7.57. The molecule has 92 valence electrons. The molecule has 1 aromatic rings. The first-order valence-corrected chi connectivity index (χ1v) is 6.26. The van der Waals surface area contributed by atoms with Gasteiger partial charge in [0.25, 0.3) is 0 Å². The van der Waals surface area contributed by atoms with Gasteiger partial charge >= 0.3 is 0 Å². The molecule has 0 bridgehead atoms. The predicted octanol–water partition coefficient (Wildman–Crippen LogP) is 1.99. The van der Waals surface area contributed by atoms with Gasteiger partial charge in [-0.15, -0.1) is 0 Å². The molecule has 17 heavy (non-hydrogen) atoms. The van der Waals surface area contributed by atoms with Gasteiger partial charge in [-0.25, -0.2) is 0 Å². The van der Waals surface area contributed by atoms with E-state index < -0.39 is 0 Å². The van der Waals surface area contributed by atoms with Crippen LogP contribution in [0.1, 0.15) is 31.9 Å². The lowest BCUT2D eigenvalue weighted by Crippen LogP contribution is -2.34. The maximum absolute atomic E-state index is 7.57. The maximum Gasteiger partial charge on any atom is 0.143 e. The number of nitrogen functional groups attached to an aromatic ring is 1. The molecule has 0 atom stereocenters. The van der Waals surface area contributed by atoms with E-state index in [2.05, 4.69) is 16.8 Å². The fourth-order valence-corrected chi connectivity index (χ4v) is 2.24. The van der Waals surface area contributed by atoms with Crippen LogP contribution in [0.2, 0.25) is 0 Å². The van der Waals surface area contributed by atoms with E-state index in [0.717, 1.165) is 24.7 Å². The Labute approximate surface area is 102 Å². The number of rotatable bonds is 5. The summed E-state index contributed by atoms with van der Waals surface area (Å²) in [6.07, 6.45) is 5.70. The highest BCUT2D eigenvalue weighted by atomic mass is 15.1. The molecule has 4 nitrogen and oxygen atoms in total. The molecule has 3 N–H and O–H groups in total. The van der Waals surface area contributed by atoms with Gasteiger partial charge in [-0.05, 0) is 37.8 Å². The molecule has 2 rings (SSSR count). The van der Waals surface area contributed by atoms with Crippen molar-refractivity contribution in [2.45, 2.75) is 26.2 Å². The Morgan fingerprint density at radius 3 is 2.88 bits per heavy atom. The predicted molar refractivity (Wildman–Crippen MR) is 70.5 cm³/mol. The monoisotopic (exact) mass is 232 g/mol. The molecule has 0 spiro atoms. The smallest absolute Gasteiger partial charge is 0.143 e. The fourth-order valence-electron chi connectivity index (χ4n) is 2.24. The summed E-state index contributed by atoms with van der Waals surface area (Å²) < 4.78 is 0. The normalized spacial score (nSPS) is 15.4. The minimum absolute atomic E-state index is 0.0488. The summed E-state index contributed by atoms with van der Waals surface area (Å²) in [5.41, 5.74) is 7.18. The molecule has 0 saturated heterocycles. The summed E-state index contributed by atoms with van der Waals surface area (Å²) in [6, 6.07) is 3.91. The van der Waals surface area contributed by atoms with Crippen molar-refractivity contribution in [2.75, 3.05) is 18.0 Å². The number of hydrogen-bond donors (Lipinski definition) is 2. The average molecular weight is 232 g/mol. The Kier molecular flexibility index (Phi) is 3.61. The Hall–Kier alpha value is -1.58. The lowest BCUT2D eigenvalue weighted by Gasteiger charge is -2.33. The number of amidine groups is 1. The molecular formula is C13H20N4. The van der Waals surface area contributed by atoms with Crippen LogP contribution in [0.25, 0.3) is 0 Å². The second kappa shape index (κ2) is 5.17. The first-order valence-electron chi connectivity index (χ1n) is 6.26. The Bertz CT molecular complexity index is 398. The van der Waals surface area contributed by atoms with Gasteiger partial charge in [0.05, 0.1) is 5.69 Å². The highest BCUT2D eigenvalue weighted by Gasteiger charge is 2.22. The second-order valence-corrected chi connectivity index (χ2v) is 4.62. The number of nitrogens with one attached hydrogen (secondary N) is 1. The third-order valence-electron chi connectivity index (χ3n) is 3.47. The van der Waals surface area contributed by atoms with E-state index in [4.69, 9.17) is 11.1 Å². The topological polar surface area (TPSA) is 66.0 Å². The molecule has 0 unspecified atom stereocenters. The van der Waals surface area contributed by atoms with Gasteiger partial charge in [-0.1, -0.05) is 6.42 Å². The standard InChI is InChI=1S/C13H20N4/c1-2-17(9-10-5-3-6-10)11-7-4-8-16-12(11)13(14)15/h4,7-8,10H,2-3,5-6,9H2,1H3,(H3,14,15). The van der Waals surface area contributed by atoms with Crippen molar-refractivity contribution in [1.29, 1.82) is 5.41 Å². The Balaban J connectivity index is 2.19. The number of nitrogens with zero attached hydrogens (tertiary/aromatic N) is 2. The number of pyridine rings is 1. The molecule has 1 saturated carbocycles. The van der Waals surface area contributed by atoms with E-state index in [1.807, 2.05) is 12.1 Å². The van der Waals surface area contributed by atoms with Crippen molar-refractivity contribution in [2.24, 2.45) is 11.7 Å². The molecule has 1 aliphatic rings. The third-order valence-corrected chi connectivity index (χ3v) is 3.47. The minimum atomic E-state index is 0.0488. The van der Waals surface area contributed by atoms with Crippen molar-refractivity contribution in [3.63, 3.8) is 0 Å². The van der Waals surface area contributed by atoms with Crippen LogP contribution in [0.4, 0.5) is 5.69 Å². The van der Waals surface area contributed by atoms with Gasteiger partial charge < -0.3 is 10.6 Å². The van der Waals surface area contributed by atoms with Crippen LogP contribution in [-0.2, 0) is 0 Å². The van der Waals surface area contributed by atoms with Crippen LogP contribution < -0.4 is 10.6 Å². The molecule has 0 amide bonds. The van der Waals surface area contributed by atoms with Crippen molar-refractivity contribution >= 4 is 11.5 Å². The van der Waals surface area contributed by atoms with Crippen molar-refractivity contribution in [3.8, 4) is 0 Å². The van der Waals surface area contributed by atoms with Crippen LogP contribution in [0.3, 0.4) is 0 Å². The SMILES string of the molecule is CCN(CC1CCC1)c1cccnc1C(=N)N. The van der Waals surface area contributed by atoms with Crippen molar-refractivity contribution in [1.82, 2.24) is 4.98 Å². The zero-order chi connectivity index (χ0) is 12.3. The van der Waals surface area contributed by atoms with Gasteiger partial charge in [0, 0.05) is 19.3 Å². The first kappa shape index (κ1) is 11.9. The van der Waals surface area contributed by atoms with Gasteiger partial charge in [0.2, 0.25) is 0 Å². The van der Waals surface area contributed by atoms with Crippen LogP contribution in [0.5, 0.6) is 0 Å². The van der Waals surface area contributed by atoms with Crippen LogP contribution in [0, 0.1) is 11.3 Å². The summed E-state index contributed by atoms with van der Waals surface area (Å²) in [4.78, 5) is 6.49. The lowest BCUT2D eigenvalue weighted by molar-refractivity contribution is 0.318. The van der Waals surface area contributed by atoms with E-state index in [1.54, 1.807) is 6.20 Å². The van der Waals surface area contributed by atoms with Gasteiger partial charge in [0.15, 0.2) is 0 Å². The number of aromatic nitrogens is 1. The highest BCUT2D eigenvalue weighted by Crippen LogP contribution is 2.29. The molecular weight excluding hydrogens is 212 g/mol. The Morgan fingerprint density at radius 2 is 2.35 bits per heavy atom. The van der Waals surface area contributed by atoms with Crippen molar-refractivity contribution in [3.05, 3.63) is 24.0 Å². The van der Waals surface area contributed by atoms with E-state index in [9.17, 15) is 0 Å². The van der Waals surface area contributed by atoms with E-state index in [1.165, 1.54) is 19.3 Å². The zero-order valence-electron chi connectivity index (χ0n) is 10.3. The molecule has 0 aromatic carbocycles. The Morgan fingerprint density at radius 1 is 1.59 bits per heavy atom. The molecule has 1 aromatic heterocycles. The van der Waals surface area contributed by atoms with E-state index in [-0.39, 0.29) is 5.84 Å². The van der Waals surface area contributed by atoms with E-state index >= 15 is 0 Å². The fraction of sp³-hybridized carbons (Fsp3) is 0.538. The van der Waals surface area contributed by atoms with Gasteiger partial charge in [-0.3, -0.25) is 10.4 Å². The molecule has 0 aliphatic heterocycles. The zero-order valence-corrected chi connectivity index (χ0v) is 10.3. The molecule has 1 heterocycles. The first-order chi connectivity index (χ1) is 8.22. The van der Waals surface area contributed by atoms with Crippen LogP contribution in [0.15, 0.2) is 18.3 Å². The summed E-state index contributed by atoms with van der Waals surface area (Å²) in [6.45, 7) is 4.13. The molecule has 1 fully saturated rings. The van der Waals surface area contributed by atoms with Gasteiger partial charge in [-0.2, -0.15) is 0 Å².